The summed E-state index contributed by atoms with van der Waals surface area (Å²) in [5, 5.41) is 0. The molecule has 0 aliphatic carbocycles. The van der Waals surface area contributed by atoms with E-state index in [1.54, 1.807) is 0 Å². The van der Waals surface area contributed by atoms with Gasteiger partial charge in [0.05, 0.1) is 6.54 Å². The predicted molar refractivity (Wildman–Crippen MR) is 88.9 cm³/mol. The van der Waals surface area contributed by atoms with Gasteiger partial charge in [-0.05, 0) is 43.7 Å². The number of anilines is 1. The first-order valence-corrected chi connectivity index (χ1v) is 7.66. The van der Waals surface area contributed by atoms with E-state index in [9.17, 15) is 0 Å². The van der Waals surface area contributed by atoms with Crippen LogP contribution >= 0.6 is 0 Å². The highest BCUT2D eigenvalue weighted by Gasteiger charge is 2.19. The molecule has 0 radical (unpaired) electrons. The van der Waals surface area contributed by atoms with Crippen molar-refractivity contribution in [3.05, 3.63) is 54.1 Å². The number of rotatable bonds is 5. The lowest BCUT2D eigenvalue weighted by Gasteiger charge is -2.06. The Bertz CT molecular complexity index is 792. The van der Waals surface area contributed by atoms with E-state index in [1.165, 1.54) is 5.56 Å². The summed E-state index contributed by atoms with van der Waals surface area (Å²) >= 11 is 0. The van der Waals surface area contributed by atoms with Crippen LogP contribution in [-0.2, 0) is 13.1 Å². The van der Waals surface area contributed by atoms with Gasteiger partial charge >= 0.3 is 5.95 Å². The quantitative estimate of drug-likeness (QED) is 0.736. The van der Waals surface area contributed by atoms with Gasteiger partial charge < -0.3 is 4.74 Å². The number of aryl methyl sites for hydroxylation is 2. The highest BCUT2D eigenvalue weighted by molar-refractivity contribution is 5.73. The molecule has 0 atom stereocenters. The number of nitrogens with zero attached hydrogens (tertiary/aromatic N) is 2. The molecule has 3 rings (SSSR count). The van der Waals surface area contributed by atoms with E-state index < -0.39 is 0 Å². The highest BCUT2D eigenvalue weighted by Crippen LogP contribution is 2.16. The van der Waals surface area contributed by atoms with Crippen molar-refractivity contribution in [2.75, 3.05) is 12.3 Å². The van der Waals surface area contributed by atoms with E-state index in [4.69, 9.17) is 10.5 Å². The number of nitrogen functional groups attached to an aromatic ring is 1. The first-order valence-electron chi connectivity index (χ1n) is 7.66. The standard InChI is InChI=1S/C18H21N3O/c1-3-20-16-9-4-5-10-17(16)21(18(20)19)11-12-22-15-8-6-7-14(2)13-15/h4-10,13,19H,3,11-12H2,1-2H3/p+1. The second-order valence-corrected chi connectivity index (χ2v) is 5.41. The van der Waals surface area contributed by atoms with E-state index in [2.05, 4.69) is 41.2 Å². The Labute approximate surface area is 130 Å². The van der Waals surface area contributed by atoms with Crippen LogP contribution in [0.25, 0.3) is 11.0 Å². The number of fused-ring (bicyclic) bond motifs is 1. The fourth-order valence-electron chi connectivity index (χ4n) is 2.84. The maximum atomic E-state index is 6.30. The molecular weight excluding hydrogens is 274 g/mol. The van der Waals surface area contributed by atoms with Gasteiger partial charge in [0.15, 0.2) is 0 Å². The third-order valence-electron chi connectivity index (χ3n) is 3.91. The van der Waals surface area contributed by atoms with Crippen LogP contribution in [0, 0.1) is 6.92 Å². The van der Waals surface area contributed by atoms with Crippen molar-refractivity contribution >= 4 is 17.0 Å². The maximum absolute atomic E-state index is 6.30. The lowest BCUT2D eigenvalue weighted by Crippen LogP contribution is -2.39. The molecule has 0 unspecified atom stereocenters. The topological polar surface area (TPSA) is 44.1 Å². The number of para-hydroxylation sites is 2. The van der Waals surface area contributed by atoms with Crippen molar-refractivity contribution in [3.8, 4) is 5.75 Å². The molecule has 0 fully saturated rings. The van der Waals surface area contributed by atoms with E-state index in [0.29, 0.717) is 6.61 Å². The lowest BCUT2D eigenvalue weighted by molar-refractivity contribution is -0.658. The lowest BCUT2D eigenvalue weighted by atomic mass is 10.2. The van der Waals surface area contributed by atoms with Gasteiger partial charge in [-0.25, -0.2) is 9.13 Å². The summed E-state index contributed by atoms with van der Waals surface area (Å²) in [6.45, 7) is 6.35. The molecule has 4 heteroatoms. The number of hydrogen-bond donors (Lipinski definition) is 1. The number of imidazole rings is 1. The van der Waals surface area contributed by atoms with Crippen molar-refractivity contribution in [1.29, 1.82) is 0 Å². The molecule has 4 nitrogen and oxygen atoms in total. The van der Waals surface area contributed by atoms with Crippen LogP contribution in [0.5, 0.6) is 5.75 Å². The van der Waals surface area contributed by atoms with Crippen molar-refractivity contribution in [2.24, 2.45) is 0 Å². The van der Waals surface area contributed by atoms with Crippen molar-refractivity contribution in [3.63, 3.8) is 0 Å². The monoisotopic (exact) mass is 296 g/mol. The number of aromatic nitrogens is 2. The van der Waals surface area contributed by atoms with Crippen molar-refractivity contribution in [2.45, 2.75) is 26.9 Å². The van der Waals surface area contributed by atoms with Gasteiger partial charge in [0.25, 0.3) is 0 Å². The first-order chi connectivity index (χ1) is 10.7. The summed E-state index contributed by atoms with van der Waals surface area (Å²) in [5.41, 5.74) is 9.81. The molecule has 2 aromatic carbocycles. The van der Waals surface area contributed by atoms with E-state index >= 15 is 0 Å². The first kappa shape index (κ1) is 14.4. The molecule has 114 valence electrons. The molecule has 0 spiro atoms. The van der Waals surface area contributed by atoms with Crippen LogP contribution in [0.15, 0.2) is 48.5 Å². The zero-order valence-electron chi connectivity index (χ0n) is 13.1. The smallest absolute Gasteiger partial charge is 0.356 e. The van der Waals surface area contributed by atoms with Crippen LogP contribution < -0.4 is 15.0 Å². The molecule has 0 aliphatic rings. The predicted octanol–water partition coefficient (Wildman–Crippen LogP) is 2.92. The Morgan fingerprint density at radius 1 is 1.14 bits per heavy atom. The molecule has 2 N–H and O–H groups in total. The van der Waals surface area contributed by atoms with Crippen molar-refractivity contribution in [1.82, 2.24) is 4.57 Å². The average Bonchev–Trinajstić information content (AvgIpc) is 2.79. The summed E-state index contributed by atoms with van der Waals surface area (Å²) < 4.78 is 10.1. The van der Waals surface area contributed by atoms with E-state index in [-0.39, 0.29) is 0 Å². The average molecular weight is 296 g/mol. The molecule has 22 heavy (non-hydrogen) atoms. The molecule has 1 aromatic heterocycles. The van der Waals surface area contributed by atoms with Crippen LogP contribution in [0.2, 0.25) is 0 Å². The second kappa shape index (κ2) is 6.10. The van der Waals surface area contributed by atoms with Gasteiger partial charge in [-0.1, -0.05) is 24.3 Å². The van der Waals surface area contributed by atoms with Crippen LogP contribution in [0.1, 0.15) is 12.5 Å². The van der Waals surface area contributed by atoms with Crippen LogP contribution in [-0.4, -0.2) is 11.2 Å². The molecular formula is C18H22N3O+. The van der Waals surface area contributed by atoms with Gasteiger partial charge in [-0.2, -0.15) is 0 Å². The van der Waals surface area contributed by atoms with Gasteiger partial charge in [0.2, 0.25) is 0 Å². The highest BCUT2D eigenvalue weighted by atomic mass is 16.5. The molecule has 1 heterocycles. The third-order valence-corrected chi connectivity index (χ3v) is 3.91. The van der Waals surface area contributed by atoms with Gasteiger partial charge in [-0.15, -0.1) is 0 Å². The van der Waals surface area contributed by atoms with Crippen LogP contribution in [0.3, 0.4) is 0 Å². The summed E-state index contributed by atoms with van der Waals surface area (Å²) in [7, 11) is 0. The van der Waals surface area contributed by atoms with Crippen molar-refractivity contribution < 1.29 is 9.30 Å². The summed E-state index contributed by atoms with van der Waals surface area (Å²) in [6.07, 6.45) is 0. The number of ether oxygens (including phenoxy) is 1. The summed E-state index contributed by atoms with van der Waals surface area (Å²) in [5.74, 6) is 1.68. The number of benzene rings is 2. The molecule has 0 bridgehead atoms. The zero-order valence-corrected chi connectivity index (χ0v) is 13.1. The molecule has 0 amide bonds. The molecule has 0 saturated carbocycles. The second-order valence-electron chi connectivity index (χ2n) is 5.41. The number of hydrogen-bond acceptors (Lipinski definition) is 2. The normalized spacial score (nSPS) is 11.0. The van der Waals surface area contributed by atoms with Gasteiger partial charge in [0.1, 0.15) is 29.9 Å². The van der Waals surface area contributed by atoms with Gasteiger partial charge in [-0.3, -0.25) is 5.73 Å². The minimum Gasteiger partial charge on any atom is -0.490 e. The SMILES string of the molecule is CCn1c(N)[n+](CCOc2cccc(C)c2)c2ccccc21. The third kappa shape index (κ3) is 2.64. The Morgan fingerprint density at radius 2 is 1.95 bits per heavy atom. The molecule has 0 saturated heterocycles. The summed E-state index contributed by atoms with van der Waals surface area (Å²) in [6, 6.07) is 16.4. The largest absolute Gasteiger partial charge is 0.490 e. The Kier molecular flexibility index (Phi) is 4.00. The minimum atomic E-state index is 0.593. The Morgan fingerprint density at radius 3 is 2.73 bits per heavy atom. The number of nitrogens with two attached hydrogens (primary N) is 1. The molecule has 0 aliphatic heterocycles. The minimum absolute atomic E-state index is 0.593. The van der Waals surface area contributed by atoms with E-state index in [1.807, 2.05) is 30.3 Å². The Hall–Kier alpha value is -2.49. The van der Waals surface area contributed by atoms with E-state index in [0.717, 1.165) is 35.8 Å². The maximum Gasteiger partial charge on any atom is 0.356 e. The zero-order chi connectivity index (χ0) is 15.5. The fourth-order valence-corrected chi connectivity index (χ4v) is 2.84. The van der Waals surface area contributed by atoms with Gasteiger partial charge in [0, 0.05) is 0 Å². The van der Waals surface area contributed by atoms with Crippen LogP contribution in [0.4, 0.5) is 5.95 Å². The fraction of sp³-hybridized carbons (Fsp3) is 0.278. The molecule has 3 aromatic rings. The summed E-state index contributed by atoms with van der Waals surface area (Å²) in [4.78, 5) is 0. The Balaban J connectivity index is 1.81.